The molecule has 9 heteroatoms. The lowest BCUT2D eigenvalue weighted by atomic mass is 9.93. The Morgan fingerprint density at radius 1 is 0.932 bits per heavy atom. The molecule has 0 saturated carbocycles. The van der Waals surface area contributed by atoms with Crippen LogP contribution in [0.2, 0.25) is 0 Å². The van der Waals surface area contributed by atoms with E-state index in [1.54, 1.807) is 12.2 Å². The molecule has 5 aliphatic rings. The molecule has 44 heavy (non-hydrogen) atoms. The summed E-state index contributed by atoms with van der Waals surface area (Å²) in [6.45, 7) is 15.7. The van der Waals surface area contributed by atoms with Crippen LogP contribution in [0.4, 0.5) is 0 Å². The fraction of sp³-hybridized carbons (Fsp3) is 0.171. The number of aromatic nitrogens is 1. The third kappa shape index (κ3) is 4.11. The van der Waals surface area contributed by atoms with Crippen LogP contribution < -0.4 is 10.7 Å². The zero-order valence-corrected chi connectivity index (χ0v) is 25.0. The van der Waals surface area contributed by atoms with E-state index >= 15 is 0 Å². The van der Waals surface area contributed by atoms with Gasteiger partial charge < -0.3 is 19.9 Å². The van der Waals surface area contributed by atoms with Crippen LogP contribution in [-0.4, -0.2) is 51.4 Å². The summed E-state index contributed by atoms with van der Waals surface area (Å²) in [5, 5.41) is 22.6. The number of esters is 1. The number of nitrogens with one attached hydrogen (secondary N) is 1. The summed E-state index contributed by atoms with van der Waals surface area (Å²) in [7, 11) is 1.25. The van der Waals surface area contributed by atoms with Gasteiger partial charge in [0.05, 0.1) is 41.3 Å². The van der Waals surface area contributed by atoms with Crippen molar-refractivity contribution in [2.75, 3.05) is 7.11 Å². The van der Waals surface area contributed by atoms with Crippen molar-refractivity contribution in [1.82, 2.24) is 4.98 Å². The highest BCUT2D eigenvalue weighted by molar-refractivity contribution is 6.28. The lowest BCUT2D eigenvalue weighted by Gasteiger charge is -2.14. The zero-order valence-electron chi connectivity index (χ0n) is 25.0. The normalized spacial score (nSPS) is 20.6. The van der Waals surface area contributed by atoms with Gasteiger partial charge in [-0.3, -0.25) is 4.79 Å². The minimum Gasteiger partial charge on any atom is -0.510 e. The highest BCUT2D eigenvalue weighted by atomic mass is 16.5. The molecule has 9 nitrogen and oxygen atoms in total. The molecular weight excluding hydrogens is 556 g/mol. The monoisotopic (exact) mass is 586 g/mol. The average Bonchev–Trinajstić information content (AvgIpc) is 3.72. The molecule has 220 valence electrons. The lowest BCUT2D eigenvalue weighted by Crippen LogP contribution is -2.20. The third-order valence-corrected chi connectivity index (χ3v) is 8.58. The largest absolute Gasteiger partial charge is 0.510 e. The molecule has 0 radical (unpaired) electrons. The average molecular weight is 587 g/mol. The number of aromatic amines is 1. The number of carbonyl (C=O) groups excluding carboxylic acids is 1. The van der Waals surface area contributed by atoms with E-state index in [4.69, 9.17) is 19.7 Å². The minimum atomic E-state index is -1.20. The van der Waals surface area contributed by atoms with Gasteiger partial charge in [0.1, 0.15) is 11.7 Å². The number of carboxylic acids is 1. The predicted octanol–water partition coefficient (Wildman–Crippen LogP) is 4.39. The van der Waals surface area contributed by atoms with Crippen molar-refractivity contribution in [2.45, 2.75) is 27.7 Å². The molecule has 1 aromatic heterocycles. The van der Waals surface area contributed by atoms with Crippen molar-refractivity contribution in [2.24, 2.45) is 20.9 Å². The molecule has 1 aromatic rings. The topological polar surface area (TPSA) is 137 Å². The van der Waals surface area contributed by atoms with E-state index < -0.39 is 17.9 Å². The van der Waals surface area contributed by atoms with Gasteiger partial charge in [0.2, 0.25) is 0 Å². The Bertz CT molecular complexity index is 2110. The first-order chi connectivity index (χ1) is 21.0. The summed E-state index contributed by atoms with van der Waals surface area (Å²) >= 11 is 0. The van der Waals surface area contributed by atoms with Gasteiger partial charge in [-0.15, -0.1) is 0 Å². The second kappa shape index (κ2) is 10.3. The molecule has 4 aliphatic heterocycles. The van der Waals surface area contributed by atoms with Crippen LogP contribution in [-0.2, 0) is 14.3 Å². The number of hydrogen-bond acceptors (Lipinski definition) is 7. The summed E-state index contributed by atoms with van der Waals surface area (Å²) < 4.78 is 5.11. The molecule has 5 heterocycles. The molecule has 0 unspecified atom stereocenters. The number of rotatable bonds is 5. The summed E-state index contributed by atoms with van der Waals surface area (Å²) in [6, 6.07) is 0. The first kappa shape index (κ1) is 28.5. The minimum absolute atomic E-state index is 0.197. The number of methoxy groups -OCH3 is 1. The van der Waals surface area contributed by atoms with Crippen LogP contribution in [0, 0.1) is 12.8 Å². The van der Waals surface area contributed by atoms with E-state index in [0.29, 0.717) is 56.4 Å². The number of aliphatic carboxylic acids is 1. The molecule has 0 fully saturated rings. The van der Waals surface area contributed by atoms with Gasteiger partial charge >= 0.3 is 11.9 Å². The van der Waals surface area contributed by atoms with E-state index in [1.807, 2.05) is 45.9 Å². The first-order valence-corrected chi connectivity index (χ1v) is 14.0. The van der Waals surface area contributed by atoms with Crippen LogP contribution in [0.5, 0.6) is 0 Å². The van der Waals surface area contributed by atoms with Gasteiger partial charge in [0, 0.05) is 44.6 Å². The number of aliphatic hydroxyl groups excluding tert-OH is 1. The van der Waals surface area contributed by atoms with Crippen molar-refractivity contribution < 1.29 is 24.5 Å². The van der Waals surface area contributed by atoms with Crippen LogP contribution in [0.1, 0.15) is 31.9 Å². The number of carbonyl (C=O) groups is 2. The van der Waals surface area contributed by atoms with Crippen LogP contribution >= 0.6 is 0 Å². The summed E-state index contributed by atoms with van der Waals surface area (Å²) in [5.41, 5.74) is 9.47. The molecule has 0 amide bonds. The maximum absolute atomic E-state index is 13.2. The van der Waals surface area contributed by atoms with Gasteiger partial charge in [0.15, 0.2) is 0 Å². The van der Waals surface area contributed by atoms with E-state index in [-0.39, 0.29) is 5.76 Å². The van der Waals surface area contributed by atoms with Gasteiger partial charge in [-0.25, -0.2) is 19.8 Å². The quantitative estimate of drug-likeness (QED) is 0.347. The second-order valence-electron chi connectivity index (χ2n) is 10.9. The Morgan fingerprint density at radius 2 is 1.61 bits per heavy atom. The Balaban J connectivity index is 1.78. The van der Waals surface area contributed by atoms with Crippen molar-refractivity contribution in [1.29, 1.82) is 0 Å². The van der Waals surface area contributed by atoms with Crippen molar-refractivity contribution >= 4 is 47.3 Å². The van der Waals surface area contributed by atoms with Gasteiger partial charge in [0.25, 0.3) is 0 Å². The number of H-pyrrole nitrogens is 1. The smallest absolute Gasteiger partial charge is 0.328 e. The predicted molar refractivity (Wildman–Crippen MR) is 171 cm³/mol. The maximum atomic E-state index is 13.2. The highest BCUT2D eigenvalue weighted by Gasteiger charge is 2.47. The van der Waals surface area contributed by atoms with Gasteiger partial charge in [-0.05, 0) is 74.3 Å². The number of ether oxygens (including phenoxy) is 1. The van der Waals surface area contributed by atoms with E-state index in [1.165, 1.54) is 13.2 Å². The van der Waals surface area contributed by atoms with Crippen molar-refractivity contribution in [3.63, 3.8) is 0 Å². The summed E-state index contributed by atoms with van der Waals surface area (Å²) in [5.74, 6) is -3.21. The first-order valence-electron chi connectivity index (χ1n) is 14.0. The van der Waals surface area contributed by atoms with Crippen molar-refractivity contribution in [3.8, 4) is 0 Å². The van der Waals surface area contributed by atoms with Crippen LogP contribution in [0.15, 0.2) is 114 Å². The van der Waals surface area contributed by atoms with E-state index in [9.17, 15) is 19.8 Å². The Kier molecular flexibility index (Phi) is 6.69. The number of carboxylic acid groups (broad SMARTS) is 1. The number of nitrogens with zero attached hydrogens (tertiary/aromatic N) is 3. The highest BCUT2D eigenvalue weighted by Crippen LogP contribution is 2.47. The molecule has 1 aliphatic carbocycles. The fourth-order valence-electron chi connectivity index (χ4n) is 6.20. The Hall–Kier alpha value is -5.57. The van der Waals surface area contributed by atoms with Crippen LogP contribution in [0.3, 0.4) is 0 Å². The molecule has 1 atom stereocenters. The Morgan fingerprint density at radius 3 is 2.27 bits per heavy atom. The standard InChI is InChI=1S/C35H30N4O5/c1-8-19-15(3)22-12-24-17(5)21(10-11-28(40)41)32(38-24)30-31(35(43)44-7)34(42)29-18(6)25(39-33(29)30)14-27-20(9-2)16(4)23(37-27)13-26(19)36-22/h8-14,31,36,42H,1-2H2,3-7H3,(H,40,41)/b11-10-,22-12?,26-13?,27-14?,32-30?/t31-/m1/s1. The molecule has 0 aromatic carbocycles. The second-order valence-corrected chi connectivity index (χ2v) is 10.9. The molecule has 8 bridgehead atoms. The molecule has 0 saturated heterocycles. The third-order valence-electron chi connectivity index (χ3n) is 8.58. The molecule has 3 N–H and O–H groups in total. The summed E-state index contributed by atoms with van der Waals surface area (Å²) in [6.07, 6.45) is 11.7. The van der Waals surface area contributed by atoms with Gasteiger partial charge in [-0.2, -0.15) is 0 Å². The zero-order chi connectivity index (χ0) is 31.6. The SMILES string of the molecule is C=CC1=C(C)C2=NC1=CC1=C(C)C3=C(O)[C@H](C(=O)OC)C(=C4N=C(C=c5[nH]c(c(C=C)c5C)=C2)C(C)=C4/C=C\C(=O)O)C3=N1. The molecular formula is C35H30N4O5. The molecule has 6 rings (SSSR count). The maximum Gasteiger partial charge on any atom is 0.328 e. The van der Waals surface area contributed by atoms with Crippen LogP contribution in [0.25, 0.3) is 18.2 Å². The number of aliphatic hydroxyl groups is 1. The lowest BCUT2D eigenvalue weighted by molar-refractivity contribution is -0.143. The Labute approximate surface area is 253 Å². The van der Waals surface area contributed by atoms with Gasteiger partial charge in [-0.1, -0.05) is 25.3 Å². The number of hydrogen-bond donors (Lipinski definition) is 3. The fourth-order valence-corrected chi connectivity index (χ4v) is 6.20. The van der Waals surface area contributed by atoms with Crippen molar-refractivity contribution in [3.05, 3.63) is 121 Å². The summed E-state index contributed by atoms with van der Waals surface area (Å²) in [4.78, 5) is 43.1. The number of allylic oxidation sites excluding steroid dienone is 7. The van der Waals surface area contributed by atoms with E-state index in [0.717, 1.165) is 44.8 Å². The number of aliphatic imine (C=N–C) groups is 3. The number of fused-ring (bicyclic) bond motifs is 5. The molecule has 0 spiro atoms. The van der Waals surface area contributed by atoms with E-state index in [2.05, 4.69) is 18.1 Å².